The molecule has 74 heavy (non-hydrogen) atoms. The molecule has 8 aromatic rings. The summed E-state index contributed by atoms with van der Waals surface area (Å²) in [4.78, 5) is 48.6. The van der Waals surface area contributed by atoms with Gasteiger partial charge in [-0.15, -0.1) is 0 Å². The number of halogens is 4. The quantitative estimate of drug-likeness (QED) is 0.139. The largest absolute Gasteiger partial charge is 0.393 e. The van der Waals surface area contributed by atoms with Gasteiger partial charge in [-0.3, -0.25) is 19.1 Å². The predicted molar refractivity (Wildman–Crippen MR) is 242 cm³/mol. The van der Waals surface area contributed by atoms with Crippen LogP contribution in [-0.2, 0) is 84.4 Å². The molecule has 8 atom stereocenters. The van der Waals surface area contributed by atoms with Crippen LogP contribution in [0.1, 0.15) is 61.0 Å². The molecule has 0 saturated heterocycles. The number of nitrogens with zero attached hydrogens (tertiary/aromatic N) is 16. The summed E-state index contributed by atoms with van der Waals surface area (Å²) in [6, 6.07) is 0. The molecule has 2 radical (unpaired) electrons. The average Bonchev–Trinajstić information content (AvgIpc) is 4.25. The van der Waals surface area contributed by atoms with Crippen molar-refractivity contribution in [2.75, 3.05) is 19.8 Å². The van der Waals surface area contributed by atoms with Gasteiger partial charge in [-0.05, 0) is 56.0 Å². The van der Waals surface area contributed by atoms with Crippen LogP contribution in [0.15, 0.2) is 85.6 Å². The second-order valence-electron chi connectivity index (χ2n) is 16.3. The Morgan fingerprint density at radius 1 is 0.432 bits per heavy atom. The molecule has 8 aromatic heterocycles. The molecule has 29 heteroatoms. The fourth-order valence-electron chi connectivity index (χ4n) is 7.88. The molecule has 0 spiro atoms. The number of aliphatic hydroxyl groups excluding tert-OH is 3. The summed E-state index contributed by atoms with van der Waals surface area (Å²) in [6.45, 7) is 8.36. The van der Waals surface area contributed by atoms with E-state index in [1.54, 1.807) is 25.3 Å². The topological polar surface area (TPSA) is 272 Å². The maximum Gasteiger partial charge on any atom is 0.189 e. The minimum Gasteiger partial charge on any atom is -0.393 e. The summed E-state index contributed by atoms with van der Waals surface area (Å²) in [6.07, 6.45) is 14.1. The van der Waals surface area contributed by atoms with Crippen LogP contribution in [0.5, 0.6) is 0 Å². The SMILES string of the molecule is CC[C@H]1C=C(F)[C@@H](n2cnc3c(C)n[c-]nc32)O1.Cc1n[c-]nc2c1ncn2[C@@H]1O[C@@H](CO)C=C1F.Cc1ncnc2c1ncn2[C@@H]1O[C@@H](CO)C=C1F.Cc1ncnc2c1ncn2[C@H]1O[C@@H](CO)C=C1F.[Y].[Y]. The minimum absolute atomic E-state index is 0. The Morgan fingerprint density at radius 2 is 0.730 bits per heavy atom. The van der Waals surface area contributed by atoms with E-state index < -0.39 is 60.7 Å². The van der Waals surface area contributed by atoms with Gasteiger partial charge in [-0.25, -0.2) is 47.5 Å². The first kappa shape index (κ1) is 56.5. The first-order chi connectivity index (χ1) is 34.8. The molecule has 12 heterocycles. The number of aromatic nitrogens is 16. The molecule has 0 aliphatic carbocycles. The molecular weight excluding hydrogens is 1130 g/mol. The molecule has 23 nitrogen and oxygen atoms in total. The molecule has 0 amide bonds. The minimum atomic E-state index is -0.935. The average molecular weight is 1170 g/mol. The Labute approximate surface area is 467 Å². The van der Waals surface area contributed by atoms with Gasteiger partial charge < -0.3 is 63.3 Å². The van der Waals surface area contributed by atoms with Gasteiger partial charge in [-0.1, -0.05) is 20.8 Å². The maximum absolute atomic E-state index is 13.9. The Hall–Kier alpha value is -5.19. The molecule has 0 fully saturated rings. The molecule has 4 aliphatic heterocycles. The maximum atomic E-state index is 13.9. The van der Waals surface area contributed by atoms with Crippen molar-refractivity contribution in [2.45, 2.75) is 90.4 Å². The van der Waals surface area contributed by atoms with E-state index in [0.717, 1.165) is 17.8 Å². The van der Waals surface area contributed by atoms with Gasteiger partial charge in [0.2, 0.25) is 0 Å². The van der Waals surface area contributed by atoms with E-state index in [0.29, 0.717) is 56.0 Å². The summed E-state index contributed by atoms with van der Waals surface area (Å²) in [5, 5.41) is 26.9. The van der Waals surface area contributed by atoms with E-state index in [-0.39, 0.29) is 97.2 Å². The Balaban J connectivity index is 0.000000143. The van der Waals surface area contributed by atoms with Crippen LogP contribution < -0.4 is 0 Å². The van der Waals surface area contributed by atoms with Crippen molar-refractivity contribution in [3.8, 4) is 0 Å². The Bertz CT molecular complexity index is 2950. The summed E-state index contributed by atoms with van der Waals surface area (Å²) >= 11 is 0. The zero-order valence-corrected chi connectivity index (χ0v) is 45.7. The van der Waals surface area contributed by atoms with Crippen LogP contribution >= 0.6 is 0 Å². The molecule has 4 aliphatic rings. The zero-order valence-electron chi connectivity index (χ0n) is 40.0. The third kappa shape index (κ3) is 11.5. The van der Waals surface area contributed by atoms with Gasteiger partial charge in [0.25, 0.3) is 0 Å². The van der Waals surface area contributed by atoms with E-state index in [1.807, 2.05) is 13.8 Å². The third-order valence-electron chi connectivity index (χ3n) is 11.5. The van der Waals surface area contributed by atoms with Crippen molar-refractivity contribution in [3.63, 3.8) is 0 Å². The van der Waals surface area contributed by atoms with Crippen molar-refractivity contribution in [2.24, 2.45) is 0 Å². The van der Waals surface area contributed by atoms with Gasteiger partial charge in [0.05, 0.1) is 73.9 Å². The van der Waals surface area contributed by atoms with Crippen LogP contribution in [0, 0.1) is 40.3 Å². The molecule has 382 valence electrons. The monoisotopic (exact) mass is 1170 g/mol. The van der Waals surface area contributed by atoms with E-state index in [9.17, 15) is 17.6 Å². The number of hydrogen-bond acceptors (Lipinski definition) is 19. The van der Waals surface area contributed by atoms with E-state index in [2.05, 4.69) is 72.5 Å². The fraction of sp³-hybridized carbons (Fsp3) is 0.378. The normalized spacial score (nSPS) is 23.0. The standard InChI is InChI=1S/C12H12FN4O.2C11H11FN4O2.C11H10FN4O2.2Y/c1-3-8-4-9(13)12(18-8)17-6-16-10-7(2)14-5-15-11(10)17;3*1-6-9-10(14-4-13-6)16(5-15-9)11-8(12)2-7(3-17)18-11;;/h4,6,8,12H,3H2,1-2H3;2*2,4-5,7,11,17H,3H2,1H3;2,5,7,11,17H,3H2,1H3;;/q-1;;;-1;;/t8-,12-;7-,11+;2*7-,11-;;/m0111../s1. The van der Waals surface area contributed by atoms with Crippen LogP contribution in [0.3, 0.4) is 0 Å². The smallest absolute Gasteiger partial charge is 0.189 e. The summed E-state index contributed by atoms with van der Waals surface area (Å²) < 4.78 is 82.8. The third-order valence-corrected chi connectivity index (χ3v) is 11.5. The van der Waals surface area contributed by atoms with Crippen molar-refractivity contribution in [1.29, 1.82) is 0 Å². The first-order valence-corrected chi connectivity index (χ1v) is 22.2. The number of rotatable bonds is 8. The van der Waals surface area contributed by atoms with E-state index in [1.165, 1.54) is 76.0 Å². The number of aliphatic hydroxyl groups is 3. The number of fused-ring (bicyclic) bond motifs is 4. The molecular formula is C45H44F4N16O7Y2-2. The molecule has 3 N–H and O–H groups in total. The molecule has 0 saturated carbocycles. The molecule has 12 rings (SSSR count). The van der Waals surface area contributed by atoms with Crippen molar-refractivity contribution >= 4 is 44.7 Å². The summed E-state index contributed by atoms with van der Waals surface area (Å²) in [5.41, 5.74) is 7.28. The molecule has 0 aromatic carbocycles. The van der Waals surface area contributed by atoms with Crippen LogP contribution in [0.4, 0.5) is 17.6 Å². The van der Waals surface area contributed by atoms with Crippen LogP contribution in [0.2, 0.25) is 0 Å². The second kappa shape index (κ2) is 24.6. The second-order valence-corrected chi connectivity index (χ2v) is 16.3. The van der Waals surface area contributed by atoms with Crippen molar-refractivity contribution < 1.29 is 117 Å². The van der Waals surface area contributed by atoms with Crippen LogP contribution in [0.25, 0.3) is 44.7 Å². The van der Waals surface area contributed by atoms with Gasteiger partial charge in [0.15, 0.2) is 36.2 Å². The molecule has 0 unspecified atom stereocenters. The number of aryl methyl sites for hydroxylation is 4. The number of hydrogen-bond donors (Lipinski definition) is 3. The van der Waals surface area contributed by atoms with Crippen LogP contribution in [-0.4, -0.2) is 138 Å². The van der Waals surface area contributed by atoms with Crippen molar-refractivity contribution in [1.82, 2.24) is 78.1 Å². The van der Waals surface area contributed by atoms with Gasteiger partial charge in [0.1, 0.15) is 65.3 Å². The van der Waals surface area contributed by atoms with E-state index >= 15 is 0 Å². The zero-order chi connectivity index (χ0) is 50.8. The van der Waals surface area contributed by atoms with E-state index in [4.69, 9.17) is 34.3 Å². The summed E-state index contributed by atoms with van der Waals surface area (Å²) in [5.74, 6) is -1.68. The van der Waals surface area contributed by atoms with Gasteiger partial charge in [0, 0.05) is 89.1 Å². The summed E-state index contributed by atoms with van der Waals surface area (Å²) in [7, 11) is 0. The fourth-order valence-corrected chi connectivity index (χ4v) is 7.88. The Kier molecular flexibility index (Phi) is 18.8. The number of imidazole rings is 4. The first-order valence-electron chi connectivity index (χ1n) is 22.2. The van der Waals surface area contributed by atoms with Gasteiger partial charge >= 0.3 is 0 Å². The van der Waals surface area contributed by atoms with Gasteiger partial charge in [-0.2, -0.15) is 0 Å². The molecule has 0 bridgehead atoms. The number of ether oxygens (including phenoxy) is 4. The Morgan fingerprint density at radius 3 is 1.03 bits per heavy atom. The predicted octanol–water partition coefficient (Wildman–Crippen LogP) is 4.52. The van der Waals surface area contributed by atoms with Crippen molar-refractivity contribution in [3.05, 3.63) is 121 Å².